The van der Waals surface area contributed by atoms with Gasteiger partial charge in [-0.1, -0.05) is 0 Å². The van der Waals surface area contributed by atoms with Crippen molar-refractivity contribution in [3.63, 3.8) is 0 Å². The number of aliphatic hydroxyl groups is 12. The first-order valence-corrected chi connectivity index (χ1v) is 25.3. The van der Waals surface area contributed by atoms with Crippen LogP contribution in [0, 0.1) is 0 Å². The summed E-state index contributed by atoms with van der Waals surface area (Å²) in [4.78, 5) is 76.4. The van der Waals surface area contributed by atoms with E-state index in [1.54, 1.807) is 0 Å². The zero-order valence-corrected chi connectivity index (χ0v) is 44.1. The molecule has 0 aliphatic carbocycles. The molecule has 0 spiro atoms. The van der Waals surface area contributed by atoms with Crippen molar-refractivity contribution in [2.75, 3.05) is 26.9 Å². The number of carboxylic acid groups (broad SMARTS) is 1. The van der Waals surface area contributed by atoms with Crippen LogP contribution in [0.2, 0.25) is 0 Å². The molecule has 0 aromatic heterocycles. The Morgan fingerprint density at radius 3 is 1.02 bits per heavy atom. The van der Waals surface area contributed by atoms with Gasteiger partial charge in [0.15, 0.2) is 49.1 Å². The molecule has 0 aromatic rings. The Morgan fingerprint density at radius 1 is 0.388 bits per heavy atom. The number of amides is 3. The second kappa shape index (κ2) is 27.8. The molecule has 458 valence electrons. The first-order chi connectivity index (χ1) is 37.6. The van der Waals surface area contributed by atoms with Crippen molar-refractivity contribution in [2.24, 2.45) is 0 Å². The van der Waals surface area contributed by atoms with E-state index >= 15 is 0 Å². The van der Waals surface area contributed by atoms with E-state index in [-0.39, 0.29) is 0 Å². The van der Waals surface area contributed by atoms with Gasteiger partial charge in [-0.2, -0.15) is 0 Å². The highest BCUT2D eigenvalue weighted by Crippen LogP contribution is 2.37. The summed E-state index contributed by atoms with van der Waals surface area (Å²) >= 11 is 0. The molecular formula is C46H73N3O31. The first kappa shape index (κ1) is 65.4. The molecule has 0 radical (unpaired) electrons. The summed E-state index contributed by atoms with van der Waals surface area (Å²) in [5.41, 5.74) is 0. The van der Waals surface area contributed by atoms with Crippen LogP contribution in [0.25, 0.3) is 0 Å². The summed E-state index contributed by atoms with van der Waals surface area (Å²) in [6, 6.07) is -4.83. The molecule has 80 heavy (non-hydrogen) atoms. The maximum Gasteiger partial charge on any atom is 0.335 e. The molecular weight excluding hydrogens is 1090 g/mol. The third kappa shape index (κ3) is 14.1. The molecule has 6 fully saturated rings. The Bertz CT molecular complexity index is 2130. The summed E-state index contributed by atoms with van der Waals surface area (Å²) in [5, 5.41) is 150. The smallest absolute Gasteiger partial charge is 0.335 e. The van der Waals surface area contributed by atoms with Crippen LogP contribution < -0.4 is 16.0 Å². The fourth-order valence-electron chi connectivity index (χ4n) is 10.4. The van der Waals surface area contributed by atoms with Crippen LogP contribution in [-0.4, -0.2) is 312 Å². The average molecular weight is 1160 g/mol. The Labute approximate surface area is 454 Å². The fourth-order valence-corrected chi connectivity index (χ4v) is 10.4. The van der Waals surface area contributed by atoms with E-state index in [2.05, 4.69) is 16.0 Å². The topological polar surface area (TPSA) is 512 Å². The lowest BCUT2D eigenvalue weighted by molar-refractivity contribution is -0.375. The monoisotopic (exact) mass is 1160 g/mol. The van der Waals surface area contributed by atoms with Crippen molar-refractivity contribution < 1.29 is 152 Å². The van der Waals surface area contributed by atoms with Gasteiger partial charge in [0.1, 0.15) is 134 Å². The third-order valence-electron chi connectivity index (χ3n) is 14.4. The largest absolute Gasteiger partial charge is 0.479 e. The molecule has 6 aliphatic heterocycles. The van der Waals surface area contributed by atoms with Crippen LogP contribution >= 0.6 is 0 Å². The number of carboxylic acids is 1. The summed E-state index contributed by atoms with van der Waals surface area (Å²) in [6.07, 6.45) is -51.8. The van der Waals surface area contributed by atoms with Crippen molar-refractivity contribution in [1.82, 2.24) is 16.0 Å². The van der Waals surface area contributed by atoms with Crippen LogP contribution in [-0.2, 0) is 85.6 Å². The van der Waals surface area contributed by atoms with Gasteiger partial charge in [-0.25, -0.2) is 4.79 Å². The fraction of sp³-hybridized carbons (Fsp3) is 0.870. The molecule has 0 aromatic carbocycles. The predicted octanol–water partition coefficient (Wildman–Crippen LogP) is -10.7. The van der Waals surface area contributed by atoms with E-state index in [0.29, 0.717) is 0 Å². The highest BCUT2D eigenvalue weighted by Gasteiger charge is 2.59. The second-order valence-electron chi connectivity index (χ2n) is 20.1. The lowest BCUT2D eigenvalue weighted by Crippen LogP contribution is -2.71. The standard InChI is InChI=1S/C46H73N3O31/c1-11(53)32-37(69-7)26(61)29(64)44(73-32)76-35-21(48-15(5)56)42(71-18(9-51)24(35)59)78-38-27(62)30(65)45(74-33(38)12(2)54)77-36-22(49-16(6)57)43(72-19(10-52)25(36)60)79-39-28(63)31(66)46(80-40(39)41(67)68)75-34-20(47-14(4)55)13(3)70-17(8-50)23(34)58/h13,17-40,42-46,50-52,58-66H,8-10H2,1-7H3,(H,47,55)(H,48,56)(H,49,57)(H,67,68)/t13-,17?,18?,19?,20+,21-,22-,23+,24+,25+,26?,27?,28?,29-,30-,31-,32?,33?,34?,35?,36?,37-,38-,39-,40?,42-,43-,44-,45-,46+/m0/s1. The Balaban J connectivity index is 1.25. The summed E-state index contributed by atoms with van der Waals surface area (Å²) < 4.78 is 69.0. The molecule has 0 bridgehead atoms. The van der Waals surface area contributed by atoms with Crippen molar-refractivity contribution >= 4 is 35.3 Å². The number of aliphatic hydroxyl groups excluding tert-OH is 12. The van der Waals surface area contributed by atoms with Crippen LogP contribution in [0.4, 0.5) is 0 Å². The lowest BCUT2D eigenvalue weighted by Gasteiger charge is -2.51. The summed E-state index contributed by atoms with van der Waals surface area (Å²) in [7, 11) is 1.13. The number of Topliss-reactive ketones (excluding diaryl/α,β-unsaturated/α-hetero) is 2. The number of carbonyl (C=O) groups excluding carboxylic acids is 5. The molecule has 34 heteroatoms. The van der Waals surface area contributed by atoms with Gasteiger partial charge in [-0.15, -0.1) is 0 Å². The minimum atomic E-state index is -2.35. The van der Waals surface area contributed by atoms with Crippen molar-refractivity contribution in [3.05, 3.63) is 0 Å². The Hall–Kier alpha value is -3.74. The number of methoxy groups -OCH3 is 1. The molecule has 30 atom stereocenters. The molecule has 16 N–H and O–H groups in total. The SMILES string of the molecule is CO[C@@H]1C(C(C)=O)O[C@@H](OC2[C@H](O)C(CO)O[C@@H](O[C@@H]3C(C(C)=O)O[C@@H](OC4[C@H](O)C(CO)O[C@@H](O[C@@H]5C(C(=O)O)O[C@@H](OC6[C@H](O)C(CO)O[C@@H](C)[C@H]6NC(C)=O)[C@@H](O)C5O)[C@H]4NC(C)=O)[C@@H](O)C3O)[C@H]2NC(C)=O)[C@@H](O)C1O. The van der Waals surface area contributed by atoms with E-state index in [4.69, 9.17) is 56.8 Å². The van der Waals surface area contributed by atoms with Crippen LogP contribution in [0.5, 0.6) is 0 Å². The van der Waals surface area contributed by atoms with E-state index < -0.39 is 239 Å². The highest BCUT2D eigenvalue weighted by molar-refractivity contribution is 5.82. The maximum atomic E-state index is 13.4. The normalized spacial score (nSPS) is 46.2. The Morgan fingerprint density at radius 2 is 0.688 bits per heavy atom. The van der Waals surface area contributed by atoms with E-state index in [0.717, 1.165) is 41.7 Å². The Kier molecular flexibility index (Phi) is 22.7. The quantitative estimate of drug-likeness (QED) is 0.0538. The predicted molar refractivity (Wildman–Crippen MR) is 250 cm³/mol. The molecule has 12 unspecified atom stereocenters. The van der Waals surface area contributed by atoms with Crippen LogP contribution in [0.3, 0.4) is 0 Å². The van der Waals surface area contributed by atoms with Crippen LogP contribution in [0.15, 0.2) is 0 Å². The average Bonchev–Trinajstić information content (AvgIpc) is 3.39. The van der Waals surface area contributed by atoms with Gasteiger partial charge in [0.05, 0.1) is 32.0 Å². The van der Waals surface area contributed by atoms with E-state index in [9.17, 15) is 95.2 Å². The van der Waals surface area contributed by atoms with Gasteiger partial charge >= 0.3 is 5.97 Å². The van der Waals surface area contributed by atoms with Crippen molar-refractivity contribution in [1.29, 1.82) is 0 Å². The van der Waals surface area contributed by atoms with Gasteiger partial charge in [-0.05, 0) is 20.8 Å². The molecule has 3 amide bonds. The molecule has 6 heterocycles. The maximum absolute atomic E-state index is 13.4. The minimum Gasteiger partial charge on any atom is -0.479 e. The van der Waals surface area contributed by atoms with Crippen molar-refractivity contribution in [2.45, 2.75) is 225 Å². The number of carbonyl (C=O) groups is 6. The van der Waals surface area contributed by atoms with E-state index in [1.165, 1.54) is 6.92 Å². The van der Waals surface area contributed by atoms with Crippen molar-refractivity contribution in [3.8, 4) is 0 Å². The zero-order chi connectivity index (χ0) is 59.5. The second-order valence-corrected chi connectivity index (χ2v) is 20.1. The lowest BCUT2D eigenvalue weighted by atomic mass is 9.92. The van der Waals surface area contributed by atoms with Gasteiger partial charge < -0.3 is 139 Å². The number of rotatable bonds is 20. The van der Waals surface area contributed by atoms with Gasteiger partial charge in [0.2, 0.25) is 17.7 Å². The molecule has 0 saturated carbocycles. The molecule has 6 saturated heterocycles. The van der Waals surface area contributed by atoms with E-state index in [1.807, 2.05) is 0 Å². The highest BCUT2D eigenvalue weighted by atomic mass is 16.8. The third-order valence-corrected chi connectivity index (χ3v) is 14.4. The number of ether oxygens (including phenoxy) is 12. The summed E-state index contributed by atoms with van der Waals surface area (Å²) in [6.45, 7) is 3.74. The number of hydrogen-bond donors (Lipinski definition) is 16. The first-order valence-electron chi connectivity index (χ1n) is 25.3. The van der Waals surface area contributed by atoms with Gasteiger partial charge in [0, 0.05) is 27.9 Å². The van der Waals surface area contributed by atoms with Gasteiger partial charge in [0.25, 0.3) is 0 Å². The molecule has 34 nitrogen and oxygen atoms in total. The number of nitrogens with one attached hydrogen (secondary N) is 3. The minimum absolute atomic E-state index is 0.627. The summed E-state index contributed by atoms with van der Waals surface area (Å²) in [5.74, 6) is -5.90. The molecule has 6 rings (SSSR count). The number of hydrogen-bond acceptors (Lipinski definition) is 30. The van der Waals surface area contributed by atoms with Crippen LogP contribution in [0.1, 0.15) is 41.5 Å². The van der Waals surface area contributed by atoms with Gasteiger partial charge in [-0.3, -0.25) is 24.0 Å². The molecule has 6 aliphatic rings. The number of aliphatic carboxylic acids is 1. The number of ketones is 2. The zero-order valence-electron chi connectivity index (χ0n) is 44.1.